The van der Waals surface area contributed by atoms with E-state index in [4.69, 9.17) is 0 Å². The van der Waals surface area contributed by atoms with Crippen molar-refractivity contribution < 1.29 is 9.59 Å². The first-order chi connectivity index (χ1) is 13.3. The highest BCUT2D eigenvalue weighted by molar-refractivity contribution is 7.15. The Morgan fingerprint density at radius 3 is 2.54 bits per heavy atom. The molecule has 3 rings (SSSR count). The molecule has 2 aromatic rings. The smallest absolute Gasteiger partial charge is 0.249 e. The number of hydrogen-bond donors (Lipinski definition) is 1. The van der Waals surface area contributed by atoms with E-state index in [0.29, 0.717) is 30.4 Å². The topological polar surface area (TPSA) is 75.2 Å². The van der Waals surface area contributed by atoms with Crippen molar-refractivity contribution >= 4 is 28.3 Å². The number of nitrogens with zero attached hydrogens (tertiary/aromatic N) is 3. The van der Waals surface area contributed by atoms with Gasteiger partial charge in [0.15, 0.2) is 0 Å². The van der Waals surface area contributed by atoms with Crippen LogP contribution < -0.4 is 5.32 Å². The quantitative estimate of drug-likeness (QED) is 0.803. The average molecular weight is 401 g/mol. The van der Waals surface area contributed by atoms with Crippen LogP contribution in [-0.4, -0.2) is 33.0 Å². The van der Waals surface area contributed by atoms with Gasteiger partial charge in [-0.3, -0.25) is 14.9 Å². The van der Waals surface area contributed by atoms with Crippen LogP contribution in [0.25, 0.3) is 0 Å². The molecule has 0 radical (unpaired) electrons. The van der Waals surface area contributed by atoms with Crippen molar-refractivity contribution in [1.82, 2.24) is 15.1 Å². The van der Waals surface area contributed by atoms with Gasteiger partial charge in [0.25, 0.3) is 0 Å². The molecule has 0 saturated heterocycles. The highest BCUT2D eigenvalue weighted by atomic mass is 32.1. The van der Waals surface area contributed by atoms with Crippen LogP contribution in [-0.2, 0) is 29.0 Å². The summed E-state index contributed by atoms with van der Waals surface area (Å²) in [6.45, 7) is 8.74. The number of aromatic nitrogens is 2. The van der Waals surface area contributed by atoms with Gasteiger partial charge in [-0.2, -0.15) is 0 Å². The molecular formula is C21H28N4O2S. The van der Waals surface area contributed by atoms with Gasteiger partial charge in [0.1, 0.15) is 11.0 Å². The highest BCUT2D eigenvalue weighted by Crippen LogP contribution is 2.26. The van der Waals surface area contributed by atoms with E-state index in [-0.39, 0.29) is 17.7 Å². The van der Waals surface area contributed by atoms with Crippen LogP contribution in [0.1, 0.15) is 50.3 Å². The number of amides is 2. The second-order valence-electron chi connectivity index (χ2n) is 8.20. The van der Waals surface area contributed by atoms with Gasteiger partial charge in [0.2, 0.25) is 16.9 Å². The Labute approximate surface area is 170 Å². The SMILES string of the molecule is CC(C)CC(=O)N1Cc2ccccc2CC1C(=O)Nc1nnc(CC(C)C)s1. The van der Waals surface area contributed by atoms with Gasteiger partial charge in [0, 0.05) is 25.8 Å². The zero-order chi connectivity index (χ0) is 20.3. The molecule has 0 aliphatic carbocycles. The normalized spacial score (nSPS) is 16.4. The molecule has 7 heteroatoms. The minimum atomic E-state index is -0.529. The Morgan fingerprint density at radius 2 is 1.86 bits per heavy atom. The summed E-state index contributed by atoms with van der Waals surface area (Å²) in [5.74, 6) is 0.548. The van der Waals surface area contributed by atoms with Gasteiger partial charge >= 0.3 is 0 Å². The van der Waals surface area contributed by atoms with E-state index < -0.39 is 6.04 Å². The van der Waals surface area contributed by atoms with E-state index in [1.54, 1.807) is 4.90 Å². The summed E-state index contributed by atoms with van der Waals surface area (Å²) in [6, 6.07) is 7.48. The minimum absolute atomic E-state index is 0.0161. The van der Waals surface area contributed by atoms with Gasteiger partial charge in [0.05, 0.1) is 0 Å². The van der Waals surface area contributed by atoms with Crippen LogP contribution in [0.3, 0.4) is 0 Å². The lowest BCUT2D eigenvalue weighted by Gasteiger charge is -2.36. The van der Waals surface area contributed by atoms with Crippen molar-refractivity contribution in [3.63, 3.8) is 0 Å². The summed E-state index contributed by atoms with van der Waals surface area (Å²) in [5.41, 5.74) is 2.23. The summed E-state index contributed by atoms with van der Waals surface area (Å²) >= 11 is 1.40. The third kappa shape index (κ3) is 4.95. The number of carbonyl (C=O) groups excluding carboxylic acids is 2. The van der Waals surface area contributed by atoms with Crippen molar-refractivity contribution in [2.45, 2.75) is 59.5 Å². The lowest BCUT2D eigenvalue weighted by Crippen LogP contribution is -2.50. The summed E-state index contributed by atoms with van der Waals surface area (Å²) in [4.78, 5) is 27.6. The number of nitrogens with one attached hydrogen (secondary N) is 1. The second kappa shape index (κ2) is 8.82. The standard InChI is InChI=1S/C21H28N4O2S/c1-13(2)9-18-23-24-21(28-18)22-20(27)17-11-15-7-5-6-8-16(15)12-25(17)19(26)10-14(3)4/h5-8,13-14,17H,9-12H2,1-4H3,(H,22,24,27). The van der Waals surface area contributed by atoms with Crippen LogP contribution in [0.4, 0.5) is 5.13 Å². The summed E-state index contributed by atoms with van der Waals surface area (Å²) in [7, 11) is 0. The first-order valence-corrected chi connectivity index (χ1v) is 10.6. The van der Waals surface area contributed by atoms with E-state index >= 15 is 0 Å². The zero-order valence-electron chi connectivity index (χ0n) is 16.9. The van der Waals surface area contributed by atoms with E-state index in [9.17, 15) is 9.59 Å². The van der Waals surface area contributed by atoms with Crippen LogP contribution in [0.15, 0.2) is 24.3 Å². The van der Waals surface area contributed by atoms with Crippen molar-refractivity contribution in [3.8, 4) is 0 Å². The van der Waals surface area contributed by atoms with E-state index in [1.807, 2.05) is 38.1 Å². The van der Waals surface area contributed by atoms with Gasteiger partial charge in [-0.1, -0.05) is 63.3 Å². The number of carbonyl (C=O) groups is 2. The average Bonchev–Trinajstić information content (AvgIpc) is 3.06. The molecule has 150 valence electrons. The van der Waals surface area contributed by atoms with Gasteiger partial charge < -0.3 is 4.90 Å². The Balaban J connectivity index is 1.78. The Bertz CT molecular complexity index is 846. The Hall–Kier alpha value is -2.28. The molecule has 0 spiro atoms. The number of benzene rings is 1. The lowest BCUT2D eigenvalue weighted by molar-refractivity contribution is -0.140. The molecule has 1 N–H and O–H groups in total. The molecule has 1 aromatic heterocycles. The molecule has 1 aliphatic rings. The molecule has 0 saturated carbocycles. The van der Waals surface area contributed by atoms with Crippen LogP contribution >= 0.6 is 11.3 Å². The van der Waals surface area contributed by atoms with E-state index in [1.165, 1.54) is 11.3 Å². The first kappa shape index (κ1) is 20.5. The second-order valence-corrected chi connectivity index (χ2v) is 9.26. The largest absolute Gasteiger partial charge is 0.326 e. The highest BCUT2D eigenvalue weighted by Gasteiger charge is 2.35. The molecule has 0 fully saturated rings. The first-order valence-electron chi connectivity index (χ1n) is 9.83. The molecule has 2 heterocycles. The zero-order valence-corrected chi connectivity index (χ0v) is 17.8. The minimum Gasteiger partial charge on any atom is -0.326 e. The summed E-state index contributed by atoms with van der Waals surface area (Å²) in [6.07, 6.45) is 1.79. The fourth-order valence-electron chi connectivity index (χ4n) is 3.41. The van der Waals surface area contributed by atoms with Crippen molar-refractivity contribution in [2.24, 2.45) is 11.8 Å². The molecule has 2 amide bonds. The maximum atomic E-state index is 13.0. The van der Waals surface area contributed by atoms with Gasteiger partial charge in [-0.15, -0.1) is 10.2 Å². The molecular weight excluding hydrogens is 372 g/mol. The van der Waals surface area contributed by atoms with E-state index in [2.05, 4.69) is 29.4 Å². The number of anilines is 1. The van der Waals surface area contributed by atoms with Crippen molar-refractivity contribution in [2.75, 3.05) is 5.32 Å². The van der Waals surface area contributed by atoms with Crippen molar-refractivity contribution in [1.29, 1.82) is 0 Å². The summed E-state index contributed by atoms with van der Waals surface area (Å²) < 4.78 is 0. The maximum absolute atomic E-state index is 13.0. The predicted molar refractivity (Wildman–Crippen MR) is 111 cm³/mol. The third-order valence-electron chi connectivity index (χ3n) is 4.73. The van der Waals surface area contributed by atoms with Crippen LogP contribution in [0.2, 0.25) is 0 Å². The van der Waals surface area contributed by atoms with E-state index in [0.717, 1.165) is 22.6 Å². The maximum Gasteiger partial charge on any atom is 0.249 e. The molecule has 6 nitrogen and oxygen atoms in total. The number of hydrogen-bond acceptors (Lipinski definition) is 5. The van der Waals surface area contributed by atoms with Crippen molar-refractivity contribution in [3.05, 3.63) is 40.4 Å². The Kier molecular flexibility index (Phi) is 6.44. The van der Waals surface area contributed by atoms with Crippen LogP contribution in [0, 0.1) is 11.8 Å². The molecule has 1 atom stereocenters. The number of fused-ring (bicyclic) bond motifs is 1. The van der Waals surface area contributed by atoms with Gasteiger partial charge in [-0.25, -0.2) is 0 Å². The fourth-order valence-corrected chi connectivity index (χ4v) is 4.37. The molecule has 1 aromatic carbocycles. The third-order valence-corrected chi connectivity index (χ3v) is 5.60. The molecule has 1 unspecified atom stereocenters. The van der Waals surface area contributed by atoms with Crippen LogP contribution in [0.5, 0.6) is 0 Å². The number of rotatable bonds is 6. The van der Waals surface area contributed by atoms with Gasteiger partial charge in [-0.05, 0) is 23.0 Å². The summed E-state index contributed by atoms with van der Waals surface area (Å²) in [5, 5.41) is 12.5. The monoisotopic (exact) mass is 400 g/mol. The Morgan fingerprint density at radius 1 is 1.14 bits per heavy atom. The predicted octanol–water partition coefficient (Wildman–Crippen LogP) is 3.67. The fraction of sp³-hybridized carbons (Fsp3) is 0.524. The molecule has 0 bridgehead atoms. The molecule has 28 heavy (non-hydrogen) atoms. The lowest BCUT2D eigenvalue weighted by atomic mass is 9.92. The molecule has 1 aliphatic heterocycles.